The maximum absolute atomic E-state index is 11.5. The van der Waals surface area contributed by atoms with E-state index < -0.39 is 0 Å². The third kappa shape index (κ3) is 2.23. The van der Waals surface area contributed by atoms with Gasteiger partial charge >= 0.3 is 0 Å². The fourth-order valence-corrected chi connectivity index (χ4v) is 3.47. The second kappa shape index (κ2) is 5.00. The Hall–Kier alpha value is -1.71. The van der Waals surface area contributed by atoms with Crippen molar-refractivity contribution in [2.45, 2.75) is 45.6 Å². The standard InChI is InChI=1S/C16H23N3O/c1-10(2)14-4-3-7-19(14)15-8-11-5-6-16(20)18-13(11)9-12(15)17/h8-10,14H,3-7,17H2,1-2H3,(H,18,20). The van der Waals surface area contributed by atoms with E-state index in [1.54, 1.807) is 0 Å². The lowest BCUT2D eigenvalue weighted by molar-refractivity contribution is -0.116. The number of anilines is 3. The van der Waals surface area contributed by atoms with Crippen molar-refractivity contribution < 1.29 is 4.79 Å². The molecule has 2 aliphatic heterocycles. The second-order valence-electron chi connectivity index (χ2n) is 6.26. The van der Waals surface area contributed by atoms with Crippen LogP contribution in [0.5, 0.6) is 0 Å². The van der Waals surface area contributed by atoms with E-state index in [-0.39, 0.29) is 5.91 Å². The number of carbonyl (C=O) groups excluding carboxylic acids is 1. The van der Waals surface area contributed by atoms with Crippen LogP contribution in [0, 0.1) is 5.92 Å². The molecule has 1 atom stereocenters. The molecule has 0 aromatic heterocycles. The van der Waals surface area contributed by atoms with Crippen LogP contribution in [0.3, 0.4) is 0 Å². The molecule has 108 valence electrons. The smallest absolute Gasteiger partial charge is 0.224 e. The maximum atomic E-state index is 11.5. The predicted octanol–water partition coefficient (Wildman–Crippen LogP) is 2.78. The monoisotopic (exact) mass is 273 g/mol. The molecule has 1 fully saturated rings. The summed E-state index contributed by atoms with van der Waals surface area (Å²) in [5, 5.41) is 2.92. The molecule has 0 bridgehead atoms. The largest absolute Gasteiger partial charge is 0.397 e. The molecule has 1 aromatic rings. The first-order chi connectivity index (χ1) is 9.56. The molecule has 3 rings (SSSR count). The van der Waals surface area contributed by atoms with E-state index in [2.05, 4.69) is 30.1 Å². The lowest BCUT2D eigenvalue weighted by atomic mass is 9.98. The van der Waals surface area contributed by atoms with Gasteiger partial charge in [0, 0.05) is 24.7 Å². The van der Waals surface area contributed by atoms with E-state index in [1.165, 1.54) is 18.4 Å². The number of nitrogen functional groups attached to an aromatic ring is 1. The lowest BCUT2D eigenvalue weighted by Crippen LogP contribution is -2.34. The number of carbonyl (C=O) groups is 1. The summed E-state index contributed by atoms with van der Waals surface area (Å²) in [7, 11) is 0. The number of benzene rings is 1. The Labute approximate surface area is 120 Å². The number of hydrogen-bond donors (Lipinski definition) is 2. The van der Waals surface area contributed by atoms with Crippen molar-refractivity contribution >= 4 is 23.0 Å². The summed E-state index contributed by atoms with van der Waals surface area (Å²) in [4.78, 5) is 13.9. The second-order valence-corrected chi connectivity index (χ2v) is 6.26. The number of aryl methyl sites for hydroxylation is 1. The summed E-state index contributed by atoms with van der Waals surface area (Å²) < 4.78 is 0. The molecule has 1 aromatic carbocycles. The lowest BCUT2D eigenvalue weighted by Gasteiger charge is -2.32. The van der Waals surface area contributed by atoms with E-state index >= 15 is 0 Å². The number of nitrogens with zero attached hydrogens (tertiary/aromatic N) is 1. The molecule has 0 aliphatic carbocycles. The van der Waals surface area contributed by atoms with Gasteiger partial charge in [0.15, 0.2) is 0 Å². The van der Waals surface area contributed by atoms with Gasteiger partial charge in [-0.05, 0) is 42.9 Å². The van der Waals surface area contributed by atoms with Crippen LogP contribution in [-0.4, -0.2) is 18.5 Å². The zero-order chi connectivity index (χ0) is 14.3. The summed E-state index contributed by atoms with van der Waals surface area (Å²) in [6.07, 6.45) is 3.86. The molecule has 3 N–H and O–H groups in total. The van der Waals surface area contributed by atoms with E-state index in [9.17, 15) is 4.79 Å². The summed E-state index contributed by atoms with van der Waals surface area (Å²) in [5.41, 5.74) is 10.3. The summed E-state index contributed by atoms with van der Waals surface area (Å²) in [6, 6.07) is 4.69. The minimum atomic E-state index is 0.0888. The molecular formula is C16H23N3O. The van der Waals surface area contributed by atoms with E-state index in [0.717, 1.165) is 30.0 Å². The highest BCUT2D eigenvalue weighted by atomic mass is 16.1. The van der Waals surface area contributed by atoms with E-state index in [4.69, 9.17) is 5.73 Å². The molecule has 2 aliphatic rings. The van der Waals surface area contributed by atoms with Gasteiger partial charge in [0.2, 0.25) is 5.91 Å². The molecule has 0 spiro atoms. The molecule has 2 heterocycles. The first kappa shape index (κ1) is 13.3. The Bertz CT molecular complexity index is 539. The van der Waals surface area contributed by atoms with Crippen LogP contribution in [0.1, 0.15) is 38.7 Å². The molecular weight excluding hydrogens is 250 g/mol. The quantitative estimate of drug-likeness (QED) is 0.815. The molecule has 4 nitrogen and oxygen atoms in total. The van der Waals surface area contributed by atoms with Gasteiger partial charge in [-0.2, -0.15) is 0 Å². The number of rotatable bonds is 2. The minimum Gasteiger partial charge on any atom is -0.397 e. The van der Waals surface area contributed by atoms with Crippen LogP contribution in [0.15, 0.2) is 12.1 Å². The number of hydrogen-bond acceptors (Lipinski definition) is 3. The van der Waals surface area contributed by atoms with Crippen LogP contribution in [-0.2, 0) is 11.2 Å². The van der Waals surface area contributed by atoms with Crippen molar-refractivity contribution in [1.82, 2.24) is 0 Å². The Morgan fingerprint density at radius 3 is 2.90 bits per heavy atom. The highest BCUT2D eigenvalue weighted by molar-refractivity contribution is 5.95. The van der Waals surface area contributed by atoms with Gasteiger partial charge in [-0.15, -0.1) is 0 Å². The fraction of sp³-hybridized carbons (Fsp3) is 0.562. The van der Waals surface area contributed by atoms with Crippen molar-refractivity contribution in [2.75, 3.05) is 22.5 Å². The number of amides is 1. The Morgan fingerprint density at radius 2 is 2.15 bits per heavy atom. The van der Waals surface area contributed by atoms with Crippen LogP contribution < -0.4 is 16.0 Å². The number of nitrogens with one attached hydrogen (secondary N) is 1. The van der Waals surface area contributed by atoms with Crippen molar-refractivity contribution in [3.8, 4) is 0 Å². The summed E-state index contributed by atoms with van der Waals surface area (Å²) in [5.74, 6) is 0.721. The third-order valence-corrected chi connectivity index (χ3v) is 4.53. The summed E-state index contributed by atoms with van der Waals surface area (Å²) in [6.45, 7) is 5.63. The van der Waals surface area contributed by atoms with E-state index in [0.29, 0.717) is 18.4 Å². The van der Waals surface area contributed by atoms with Crippen molar-refractivity contribution in [2.24, 2.45) is 5.92 Å². The first-order valence-electron chi connectivity index (χ1n) is 7.55. The first-order valence-corrected chi connectivity index (χ1v) is 7.55. The fourth-order valence-electron chi connectivity index (χ4n) is 3.47. The predicted molar refractivity (Wildman–Crippen MR) is 83.0 cm³/mol. The summed E-state index contributed by atoms with van der Waals surface area (Å²) >= 11 is 0. The zero-order valence-electron chi connectivity index (χ0n) is 12.3. The molecule has 1 saturated heterocycles. The SMILES string of the molecule is CC(C)C1CCCN1c1cc2c(cc1N)NC(=O)CC2. The maximum Gasteiger partial charge on any atom is 0.224 e. The molecule has 0 saturated carbocycles. The van der Waals surface area contributed by atoms with Gasteiger partial charge in [0.1, 0.15) is 0 Å². The van der Waals surface area contributed by atoms with Crippen LogP contribution in [0.25, 0.3) is 0 Å². The Morgan fingerprint density at radius 1 is 1.35 bits per heavy atom. The van der Waals surface area contributed by atoms with Gasteiger partial charge < -0.3 is 16.0 Å². The topological polar surface area (TPSA) is 58.4 Å². The van der Waals surface area contributed by atoms with Crippen molar-refractivity contribution in [3.63, 3.8) is 0 Å². The van der Waals surface area contributed by atoms with E-state index in [1.807, 2.05) is 6.07 Å². The van der Waals surface area contributed by atoms with Gasteiger partial charge in [-0.25, -0.2) is 0 Å². The van der Waals surface area contributed by atoms with Gasteiger partial charge in [0.25, 0.3) is 0 Å². The van der Waals surface area contributed by atoms with Crippen molar-refractivity contribution in [3.05, 3.63) is 17.7 Å². The Balaban J connectivity index is 1.96. The average molecular weight is 273 g/mol. The van der Waals surface area contributed by atoms with Gasteiger partial charge in [-0.1, -0.05) is 13.8 Å². The van der Waals surface area contributed by atoms with Gasteiger partial charge in [0.05, 0.1) is 11.4 Å². The van der Waals surface area contributed by atoms with Gasteiger partial charge in [-0.3, -0.25) is 4.79 Å². The molecule has 1 amide bonds. The molecule has 0 radical (unpaired) electrons. The van der Waals surface area contributed by atoms with Crippen LogP contribution >= 0.6 is 0 Å². The highest BCUT2D eigenvalue weighted by Gasteiger charge is 2.29. The number of fused-ring (bicyclic) bond motifs is 1. The molecule has 4 heteroatoms. The van der Waals surface area contributed by atoms with Crippen LogP contribution in [0.4, 0.5) is 17.1 Å². The zero-order valence-corrected chi connectivity index (χ0v) is 12.3. The normalized spacial score (nSPS) is 22.1. The third-order valence-electron chi connectivity index (χ3n) is 4.53. The van der Waals surface area contributed by atoms with Crippen molar-refractivity contribution in [1.29, 1.82) is 0 Å². The highest BCUT2D eigenvalue weighted by Crippen LogP contribution is 2.37. The molecule has 1 unspecified atom stereocenters. The minimum absolute atomic E-state index is 0.0888. The van der Waals surface area contributed by atoms with Crippen LogP contribution in [0.2, 0.25) is 0 Å². The number of nitrogens with two attached hydrogens (primary N) is 1. The Kier molecular flexibility index (Phi) is 3.32. The average Bonchev–Trinajstić information content (AvgIpc) is 2.87. The molecule has 20 heavy (non-hydrogen) atoms.